The average Bonchev–Trinajstić information content (AvgIpc) is 2.20. The van der Waals surface area contributed by atoms with Gasteiger partial charge in [0.15, 0.2) is 5.82 Å². The number of nitrogens with zero attached hydrogens (tertiary/aromatic N) is 2. The lowest BCUT2D eigenvalue weighted by Crippen LogP contribution is -2.32. The molecule has 0 saturated carbocycles. The van der Waals surface area contributed by atoms with E-state index in [0.29, 0.717) is 5.82 Å². The lowest BCUT2D eigenvalue weighted by atomic mass is 10.3. The first-order valence-electron chi connectivity index (χ1n) is 4.10. The molecule has 14 heavy (non-hydrogen) atoms. The van der Waals surface area contributed by atoms with Gasteiger partial charge in [-0.25, -0.2) is 4.98 Å². The van der Waals surface area contributed by atoms with E-state index in [9.17, 15) is 4.79 Å². The molecule has 0 aliphatic rings. The molecular weight excluding hydrogens is 269 g/mol. The summed E-state index contributed by atoms with van der Waals surface area (Å²) in [6.07, 6.45) is 1.35. The van der Waals surface area contributed by atoms with Crippen LogP contribution in [-0.4, -0.2) is 28.4 Å². The number of hydrogen-bond acceptors (Lipinski definition) is 3. The van der Waals surface area contributed by atoms with E-state index >= 15 is 0 Å². The Labute approximate surface area is 95.4 Å². The highest BCUT2D eigenvalue weighted by atomic mass is 79.9. The van der Waals surface area contributed by atoms with Gasteiger partial charge in [-0.3, -0.25) is 4.79 Å². The fourth-order valence-corrected chi connectivity index (χ4v) is 1.60. The van der Waals surface area contributed by atoms with Crippen LogP contribution in [-0.2, 0) is 0 Å². The van der Waals surface area contributed by atoms with E-state index in [4.69, 9.17) is 11.6 Å². The number of aromatic amines is 1. The summed E-state index contributed by atoms with van der Waals surface area (Å²) in [6.45, 7) is 2.01. The molecule has 78 valence electrons. The van der Waals surface area contributed by atoms with Gasteiger partial charge in [0.2, 0.25) is 0 Å². The Balaban J connectivity index is 3.07. The largest absolute Gasteiger partial charge is 0.355 e. The number of alkyl halides is 1. The second-order valence-electron chi connectivity index (χ2n) is 2.98. The van der Waals surface area contributed by atoms with Crippen molar-refractivity contribution in [1.29, 1.82) is 0 Å². The maximum Gasteiger partial charge on any atom is 0.271 e. The predicted octanol–water partition coefficient (Wildman–Crippen LogP) is 1.64. The summed E-state index contributed by atoms with van der Waals surface area (Å²) in [4.78, 5) is 19.5. The average molecular weight is 281 g/mol. The Hall–Kier alpha value is -0.550. The van der Waals surface area contributed by atoms with Crippen LogP contribution in [0, 0.1) is 0 Å². The summed E-state index contributed by atoms with van der Waals surface area (Å²) < 4.78 is 0. The topological polar surface area (TPSA) is 49.0 Å². The minimum atomic E-state index is -0.315. The van der Waals surface area contributed by atoms with Crippen LogP contribution >= 0.6 is 27.5 Å². The van der Waals surface area contributed by atoms with Gasteiger partial charge in [-0.2, -0.15) is 0 Å². The molecule has 4 nitrogen and oxygen atoms in total. The Kier molecular flexibility index (Phi) is 3.95. The van der Waals surface area contributed by atoms with Crippen molar-refractivity contribution in [2.45, 2.75) is 13.0 Å². The van der Waals surface area contributed by atoms with Gasteiger partial charge in [0.1, 0.15) is 5.02 Å². The highest BCUT2D eigenvalue weighted by Gasteiger charge is 2.14. The van der Waals surface area contributed by atoms with Crippen LogP contribution in [0.1, 0.15) is 6.92 Å². The molecule has 0 amide bonds. The zero-order chi connectivity index (χ0) is 10.7. The number of halogens is 2. The summed E-state index contributed by atoms with van der Waals surface area (Å²) >= 11 is 9.18. The first kappa shape index (κ1) is 11.5. The van der Waals surface area contributed by atoms with Gasteiger partial charge in [0, 0.05) is 18.4 Å². The van der Waals surface area contributed by atoms with E-state index in [2.05, 4.69) is 25.9 Å². The molecule has 0 aliphatic heterocycles. The molecular formula is C8H11BrClN3O. The first-order valence-corrected chi connectivity index (χ1v) is 5.59. The number of anilines is 1. The van der Waals surface area contributed by atoms with Crippen molar-refractivity contribution >= 4 is 33.3 Å². The van der Waals surface area contributed by atoms with Crippen LogP contribution in [0.5, 0.6) is 0 Å². The minimum Gasteiger partial charge on any atom is -0.355 e. The molecule has 0 aliphatic carbocycles. The predicted molar refractivity (Wildman–Crippen MR) is 61.5 cm³/mol. The summed E-state index contributed by atoms with van der Waals surface area (Å²) in [7, 11) is 1.85. The molecule has 0 saturated heterocycles. The van der Waals surface area contributed by atoms with E-state index in [1.54, 1.807) is 0 Å². The third-order valence-corrected chi connectivity index (χ3v) is 3.27. The first-order chi connectivity index (χ1) is 6.57. The van der Waals surface area contributed by atoms with Gasteiger partial charge < -0.3 is 9.88 Å². The van der Waals surface area contributed by atoms with Gasteiger partial charge in [-0.05, 0) is 6.92 Å². The molecule has 6 heteroatoms. The summed E-state index contributed by atoms with van der Waals surface area (Å²) in [5, 5.41) is 0.914. The van der Waals surface area contributed by atoms with E-state index in [-0.39, 0.29) is 16.6 Å². The maximum atomic E-state index is 11.2. The normalized spacial score (nSPS) is 12.6. The highest BCUT2D eigenvalue weighted by molar-refractivity contribution is 9.09. The zero-order valence-electron chi connectivity index (χ0n) is 7.92. The second kappa shape index (κ2) is 4.79. The third-order valence-electron chi connectivity index (χ3n) is 2.00. The van der Waals surface area contributed by atoms with Crippen LogP contribution in [0.25, 0.3) is 0 Å². The highest BCUT2D eigenvalue weighted by Crippen LogP contribution is 2.19. The molecule has 1 heterocycles. The molecule has 0 spiro atoms. The summed E-state index contributed by atoms with van der Waals surface area (Å²) in [6, 6.07) is 0.224. The molecule has 1 unspecified atom stereocenters. The van der Waals surface area contributed by atoms with Crippen molar-refractivity contribution in [3.8, 4) is 0 Å². The number of nitrogens with one attached hydrogen (secondary N) is 1. The zero-order valence-corrected chi connectivity index (χ0v) is 10.3. The van der Waals surface area contributed by atoms with Crippen molar-refractivity contribution in [2.75, 3.05) is 17.3 Å². The van der Waals surface area contributed by atoms with Gasteiger partial charge in [0.05, 0.1) is 6.33 Å². The van der Waals surface area contributed by atoms with Crippen LogP contribution < -0.4 is 10.5 Å². The van der Waals surface area contributed by atoms with Gasteiger partial charge >= 0.3 is 0 Å². The monoisotopic (exact) mass is 279 g/mol. The van der Waals surface area contributed by atoms with Gasteiger partial charge in [-0.1, -0.05) is 27.5 Å². The van der Waals surface area contributed by atoms with Gasteiger partial charge in [-0.15, -0.1) is 0 Å². The van der Waals surface area contributed by atoms with Crippen LogP contribution in [0.4, 0.5) is 5.82 Å². The number of hydrogen-bond donors (Lipinski definition) is 1. The summed E-state index contributed by atoms with van der Waals surface area (Å²) in [5.41, 5.74) is -0.315. The standard InChI is InChI=1S/C8H11BrClN3O/c1-5(3-9)13(2)7-6(10)8(14)12-4-11-7/h4-5H,3H2,1-2H3,(H,11,12,14). The van der Waals surface area contributed by atoms with E-state index in [0.717, 1.165) is 5.33 Å². The second-order valence-corrected chi connectivity index (χ2v) is 4.01. The SMILES string of the molecule is CC(CBr)N(C)c1nc[nH]c(=O)c1Cl. The van der Waals surface area contributed by atoms with Crippen LogP contribution in [0.2, 0.25) is 5.02 Å². The number of aromatic nitrogens is 2. The summed E-state index contributed by atoms with van der Waals surface area (Å²) in [5.74, 6) is 0.502. The molecule has 1 aromatic rings. The van der Waals surface area contributed by atoms with Crippen molar-refractivity contribution in [1.82, 2.24) is 9.97 Å². The third kappa shape index (κ3) is 2.27. The Bertz CT molecular complexity index is 368. The van der Waals surface area contributed by atoms with Crippen LogP contribution in [0.3, 0.4) is 0 Å². The minimum absolute atomic E-state index is 0.128. The van der Waals surface area contributed by atoms with Crippen molar-refractivity contribution in [3.63, 3.8) is 0 Å². The fourth-order valence-electron chi connectivity index (χ4n) is 0.932. The molecule has 0 fully saturated rings. The fraction of sp³-hybridized carbons (Fsp3) is 0.500. The lowest BCUT2D eigenvalue weighted by molar-refractivity contribution is 0.754. The number of rotatable bonds is 3. The Morgan fingerprint density at radius 1 is 1.79 bits per heavy atom. The van der Waals surface area contributed by atoms with E-state index in [1.165, 1.54) is 6.33 Å². The Morgan fingerprint density at radius 2 is 2.43 bits per heavy atom. The van der Waals surface area contributed by atoms with E-state index in [1.807, 2.05) is 18.9 Å². The van der Waals surface area contributed by atoms with Crippen molar-refractivity contribution in [2.24, 2.45) is 0 Å². The maximum absolute atomic E-state index is 11.2. The smallest absolute Gasteiger partial charge is 0.271 e. The molecule has 1 rings (SSSR count). The van der Waals surface area contributed by atoms with Crippen LogP contribution in [0.15, 0.2) is 11.1 Å². The number of H-pyrrole nitrogens is 1. The Morgan fingerprint density at radius 3 is 3.00 bits per heavy atom. The van der Waals surface area contributed by atoms with Crippen molar-refractivity contribution < 1.29 is 0 Å². The van der Waals surface area contributed by atoms with Crippen molar-refractivity contribution in [3.05, 3.63) is 21.7 Å². The molecule has 1 aromatic heterocycles. The molecule has 0 aromatic carbocycles. The molecule has 0 radical (unpaired) electrons. The quantitative estimate of drug-likeness (QED) is 0.857. The molecule has 1 atom stereocenters. The van der Waals surface area contributed by atoms with E-state index < -0.39 is 0 Å². The van der Waals surface area contributed by atoms with Gasteiger partial charge in [0.25, 0.3) is 5.56 Å². The lowest BCUT2D eigenvalue weighted by Gasteiger charge is -2.24. The molecule has 1 N–H and O–H groups in total. The molecule has 0 bridgehead atoms.